The van der Waals surface area contributed by atoms with Gasteiger partial charge in [0.25, 0.3) is 0 Å². The largest absolute Gasteiger partial charge is 0.356 e. The first-order valence-electron chi connectivity index (χ1n) is 9.66. The lowest BCUT2D eigenvalue weighted by molar-refractivity contribution is -0.129. The van der Waals surface area contributed by atoms with Crippen molar-refractivity contribution in [1.29, 1.82) is 0 Å². The van der Waals surface area contributed by atoms with E-state index in [2.05, 4.69) is 17.4 Å². The van der Waals surface area contributed by atoms with Crippen molar-refractivity contribution in [2.75, 3.05) is 6.54 Å². The molecule has 0 fully saturated rings. The smallest absolute Gasteiger partial charge is 0.227 e. The van der Waals surface area contributed by atoms with Crippen LogP contribution in [0.25, 0.3) is 0 Å². The molecule has 2 amide bonds. The second-order valence-corrected chi connectivity index (χ2v) is 9.76. The van der Waals surface area contributed by atoms with Crippen LogP contribution in [0.5, 0.6) is 0 Å². The molecule has 0 unspecified atom stereocenters. The molecule has 7 heteroatoms. The van der Waals surface area contributed by atoms with Gasteiger partial charge < -0.3 is 10.2 Å². The molecule has 3 rings (SSSR count). The molecule has 153 valence electrons. The van der Waals surface area contributed by atoms with Gasteiger partial charge >= 0.3 is 0 Å². The molecule has 0 saturated carbocycles. The number of hydrogen-bond acceptors (Lipinski definition) is 5. The lowest BCUT2D eigenvalue weighted by Crippen LogP contribution is -2.29. The molecule has 1 N–H and O–H groups in total. The van der Waals surface area contributed by atoms with Crippen molar-refractivity contribution < 1.29 is 9.59 Å². The van der Waals surface area contributed by atoms with Crippen molar-refractivity contribution in [3.63, 3.8) is 0 Å². The molecule has 4 nitrogen and oxygen atoms in total. The van der Waals surface area contributed by atoms with Gasteiger partial charge in [0.2, 0.25) is 11.8 Å². The van der Waals surface area contributed by atoms with Crippen molar-refractivity contribution in [3.8, 4) is 0 Å². The summed E-state index contributed by atoms with van der Waals surface area (Å²) in [4.78, 5) is 30.0. The maximum atomic E-state index is 12.7. The van der Waals surface area contributed by atoms with Crippen molar-refractivity contribution >= 4 is 45.8 Å². The SMILES string of the molecule is O=C(Cc1cccs1)NCCCC[CH]C(=O)N(Cc1cccs1)Cc1cccs1. The molecule has 0 bridgehead atoms. The van der Waals surface area contributed by atoms with Crippen LogP contribution >= 0.6 is 34.0 Å². The first-order chi connectivity index (χ1) is 14.2. The quantitative estimate of drug-likeness (QED) is 0.393. The second-order valence-electron chi connectivity index (χ2n) is 6.66. The minimum Gasteiger partial charge on any atom is -0.356 e. The minimum absolute atomic E-state index is 0.0607. The number of thiophene rings is 3. The molecule has 1 radical (unpaired) electrons. The van der Waals surface area contributed by atoms with E-state index in [0.29, 0.717) is 26.1 Å². The van der Waals surface area contributed by atoms with Crippen LogP contribution in [-0.4, -0.2) is 23.3 Å². The highest BCUT2D eigenvalue weighted by atomic mass is 32.1. The Morgan fingerprint density at radius 1 is 0.862 bits per heavy atom. The molecule has 0 aliphatic carbocycles. The maximum Gasteiger partial charge on any atom is 0.227 e. The lowest BCUT2D eigenvalue weighted by Gasteiger charge is -2.21. The molecule has 3 aromatic rings. The zero-order valence-electron chi connectivity index (χ0n) is 16.2. The number of nitrogens with zero attached hydrogens (tertiary/aromatic N) is 1. The molecule has 0 aliphatic rings. The average Bonchev–Trinajstić information content (AvgIpc) is 3.47. The molecule has 0 aromatic carbocycles. The number of unbranched alkanes of at least 4 members (excludes halogenated alkanes) is 2. The van der Waals surface area contributed by atoms with Gasteiger partial charge in [0.15, 0.2) is 0 Å². The monoisotopic (exact) mass is 445 g/mol. The van der Waals surface area contributed by atoms with Crippen LogP contribution in [0.4, 0.5) is 0 Å². The number of amides is 2. The summed E-state index contributed by atoms with van der Waals surface area (Å²) >= 11 is 4.95. The van der Waals surface area contributed by atoms with Crippen molar-refractivity contribution in [2.24, 2.45) is 0 Å². The highest BCUT2D eigenvalue weighted by Crippen LogP contribution is 2.18. The Kier molecular flexibility index (Phi) is 8.92. The Bertz CT molecular complexity index is 807. The van der Waals surface area contributed by atoms with Gasteiger partial charge in [-0.1, -0.05) is 24.6 Å². The fourth-order valence-corrected chi connectivity index (χ4v) is 5.02. The third-order valence-electron chi connectivity index (χ3n) is 4.35. The van der Waals surface area contributed by atoms with Crippen LogP contribution in [0.15, 0.2) is 52.5 Å². The summed E-state index contributed by atoms with van der Waals surface area (Å²) in [5.74, 6) is 0.138. The summed E-state index contributed by atoms with van der Waals surface area (Å²) in [6.07, 6.45) is 4.72. The van der Waals surface area contributed by atoms with Gasteiger partial charge in [-0.3, -0.25) is 9.59 Å². The highest BCUT2D eigenvalue weighted by molar-refractivity contribution is 7.10. The summed E-state index contributed by atoms with van der Waals surface area (Å²) in [5, 5.41) is 9.02. The summed E-state index contributed by atoms with van der Waals surface area (Å²) in [5.41, 5.74) is 0. The van der Waals surface area contributed by atoms with Crippen LogP contribution in [0, 0.1) is 6.42 Å². The normalized spacial score (nSPS) is 10.8. The number of hydrogen-bond donors (Lipinski definition) is 1. The van der Waals surface area contributed by atoms with Crippen LogP contribution < -0.4 is 5.32 Å². The zero-order chi connectivity index (χ0) is 20.3. The number of rotatable bonds is 12. The van der Waals surface area contributed by atoms with Gasteiger partial charge in [-0.05, 0) is 47.2 Å². The Labute approximate surface area is 184 Å². The van der Waals surface area contributed by atoms with E-state index in [0.717, 1.165) is 24.1 Å². The van der Waals surface area contributed by atoms with Gasteiger partial charge in [-0.2, -0.15) is 0 Å². The molecule has 0 atom stereocenters. The maximum absolute atomic E-state index is 12.7. The van der Waals surface area contributed by atoms with Crippen LogP contribution in [-0.2, 0) is 29.1 Å². The van der Waals surface area contributed by atoms with Crippen molar-refractivity contribution in [2.45, 2.75) is 38.8 Å². The lowest BCUT2D eigenvalue weighted by atomic mass is 10.1. The van der Waals surface area contributed by atoms with E-state index in [1.165, 1.54) is 9.75 Å². The second kappa shape index (κ2) is 11.9. The van der Waals surface area contributed by atoms with Gasteiger partial charge in [-0.25, -0.2) is 0 Å². The molecule has 3 heterocycles. The zero-order valence-corrected chi connectivity index (χ0v) is 18.7. The standard InChI is InChI=1S/C22H25N2O2S3/c25-21(15-18-7-4-12-27-18)23-11-3-1-2-10-22(26)24(16-19-8-5-13-28-19)17-20-9-6-14-29-20/h4-10,12-14H,1-3,11,15-17H2,(H,23,25). The highest BCUT2D eigenvalue weighted by Gasteiger charge is 2.15. The Morgan fingerprint density at radius 3 is 2.00 bits per heavy atom. The number of carbonyl (C=O) groups excluding carboxylic acids is 2. The Morgan fingerprint density at radius 2 is 1.45 bits per heavy atom. The van der Waals surface area contributed by atoms with Crippen LogP contribution in [0.3, 0.4) is 0 Å². The van der Waals surface area contributed by atoms with Crippen LogP contribution in [0.2, 0.25) is 0 Å². The summed E-state index contributed by atoms with van der Waals surface area (Å²) in [7, 11) is 0. The van der Waals surface area contributed by atoms with Crippen molar-refractivity contribution in [1.82, 2.24) is 10.2 Å². The predicted octanol–water partition coefficient (Wildman–Crippen LogP) is 5.13. The van der Waals surface area contributed by atoms with E-state index < -0.39 is 0 Å². The molecule has 0 spiro atoms. The van der Waals surface area contributed by atoms with Gasteiger partial charge in [0, 0.05) is 27.6 Å². The van der Waals surface area contributed by atoms with E-state index in [1.54, 1.807) is 40.4 Å². The minimum atomic E-state index is 0.0607. The first-order valence-corrected chi connectivity index (χ1v) is 12.3. The summed E-state index contributed by atoms with van der Waals surface area (Å²) in [6, 6.07) is 12.1. The first kappa shape index (κ1) is 21.7. The topological polar surface area (TPSA) is 49.4 Å². The van der Waals surface area contributed by atoms with Gasteiger partial charge in [0.05, 0.1) is 19.5 Å². The van der Waals surface area contributed by atoms with E-state index >= 15 is 0 Å². The molecule has 0 saturated heterocycles. The molecule has 29 heavy (non-hydrogen) atoms. The van der Waals surface area contributed by atoms with Gasteiger partial charge in [-0.15, -0.1) is 34.0 Å². The summed E-state index contributed by atoms with van der Waals surface area (Å²) in [6.45, 7) is 1.94. The molecular formula is C22H25N2O2S3. The van der Waals surface area contributed by atoms with Crippen LogP contribution in [0.1, 0.15) is 33.9 Å². The molecular weight excluding hydrogens is 420 g/mol. The molecule has 3 aromatic heterocycles. The van der Waals surface area contributed by atoms with Crippen molar-refractivity contribution in [3.05, 3.63) is 73.6 Å². The van der Waals surface area contributed by atoms with E-state index in [9.17, 15) is 9.59 Å². The van der Waals surface area contributed by atoms with E-state index in [4.69, 9.17) is 0 Å². The number of carbonyl (C=O) groups is 2. The Balaban J connectivity index is 1.35. The number of nitrogens with one attached hydrogen (secondary N) is 1. The summed E-state index contributed by atoms with van der Waals surface area (Å²) < 4.78 is 0. The van der Waals surface area contributed by atoms with E-state index in [-0.39, 0.29) is 11.8 Å². The Hall–Kier alpha value is -1.96. The van der Waals surface area contributed by atoms with E-state index in [1.807, 2.05) is 45.3 Å². The molecule has 0 aliphatic heterocycles. The predicted molar refractivity (Wildman–Crippen MR) is 122 cm³/mol. The van der Waals surface area contributed by atoms with Gasteiger partial charge in [0.1, 0.15) is 0 Å². The fraction of sp³-hybridized carbons (Fsp3) is 0.318. The third kappa shape index (κ3) is 7.76. The third-order valence-corrected chi connectivity index (χ3v) is 6.95. The average molecular weight is 446 g/mol. The fourth-order valence-electron chi connectivity index (χ4n) is 2.88.